The van der Waals surface area contributed by atoms with Crippen molar-refractivity contribution in [2.45, 2.75) is 19.3 Å². The molecule has 0 amide bonds. The second-order valence-corrected chi connectivity index (χ2v) is 3.23. The Balaban J connectivity index is 0.000000405. The van der Waals surface area contributed by atoms with E-state index in [-0.39, 0.29) is 12.4 Å². The van der Waals surface area contributed by atoms with Crippen molar-refractivity contribution < 1.29 is 0 Å². The topological polar surface area (TPSA) is 26.0 Å². The fourth-order valence-electron chi connectivity index (χ4n) is 1.64. The van der Waals surface area contributed by atoms with E-state index in [1.165, 1.54) is 19.3 Å². The van der Waals surface area contributed by atoms with E-state index in [2.05, 4.69) is 0 Å². The van der Waals surface area contributed by atoms with Crippen molar-refractivity contribution in [3.63, 3.8) is 0 Å². The van der Waals surface area contributed by atoms with Crippen molar-refractivity contribution >= 4 is 12.4 Å². The van der Waals surface area contributed by atoms with E-state index in [1.807, 2.05) is 0 Å². The van der Waals surface area contributed by atoms with Crippen LogP contribution in [0.3, 0.4) is 0 Å². The number of hydrogen-bond donors (Lipinski definition) is 1. The minimum atomic E-state index is 0. The average Bonchev–Trinajstić information content (AvgIpc) is 2.62. The first-order valence-corrected chi connectivity index (χ1v) is 3.62. The molecule has 0 heterocycles. The third kappa shape index (κ3) is 1.39. The van der Waals surface area contributed by atoms with Gasteiger partial charge in [-0.3, -0.25) is 0 Å². The molecule has 2 rings (SSSR count). The summed E-state index contributed by atoms with van der Waals surface area (Å²) < 4.78 is 0. The van der Waals surface area contributed by atoms with Gasteiger partial charge in [-0.15, -0.1) is 12.4 Å². The first-order valence-electron chi connectivity index (χ1n) is 3.62. The predicted molar refractivity (Wildman–Crippen MR) is 40.6 cm³/mol. The van der Waals surface area contributed by atoms with Gasteiger partial charge in [0.1, 0.15) is 0 Å². The van der Waals surface area contributed by atoms with Gasteiger partial charge in [-0.25, -0.2) is 0 Å². The lowest BCUT2D eigenvalue weighted by atomic mass is 10.2. The van der Waals surface area contributed by atoms with Gasteiger partial charge in [0.05, 0.1) is 0 Å². The van der Waals surface area contributed by atoms with Crippen LogP contribution in [-0.2, 0) is 0 Å². The van der Waals surface area contributed by atoms with Crippen LogP contribution >= 0.6 is 12.4 Å². The summed E-state index contributed by atoms with van der Waals surface area (Å²) in [6.07, 6.45) is 4.45. The van der Waals surface area contributed by atoms with E-state index >= 15 is 0 Å². The Kier molecular flexibility index (Phi) is 2.02. The number of rotatable bonds is 2. The van der Waals surface area contributed by atoms with Crippen molar-refractivity contribution in [1.82, 2.24) is 0 Å². The lowest BCUT2D eigenvalue weighted by molar-refractivity contribution is 0.633. The Morgan fingerprint density at radius 1 is 1.33 bits per heavy atom. The molecule has 0 bridgehead atoms. The molecule has 1 nitrogen and oxygen atoms in total. The third-order valence-corrected chi connectivity index (χ3v) is 2.51. The Morgan fingerprint density at radius 2 is 2.00 bits per heavy atom. The first kappa shape index (κ1) is 7.36. The van der Waals surface area contributed by atoms with Crippen LogP contribution in [0.1, 0.15) is 19.3 Å². The maximum Gasteiger partial charge on any atom is -0.00460 e. The van der Waals surface area contributed by atoms with E-state index in [1.54, 1.807) is 0 Å². The molecular formula is C7H14ClN. The molecule has 0 spiro atoms. The molecule has 2 N–H and O–H groups in total. The minimum Gasteiger partial charge on any atom is -0.330 e. The molecule has 0 aromatic rings. The smallest absolute Gasteiger partial charge is 0.00460 e. The van der Waals surface area contributed by atoms with Crippen LogP contribution in [0.25, 0.3) is 0 Å². The lowest BCUT2D eigenvalue weighted by Gasteiger charge is -1.88. The van der Waals surface area contributed by atoms with Crippen LogP contribution in [-0.4, -0.2) is 6.54 Å². The average molecular weight is 148 g/mol. The number of halogens is 1. The summed E-state index contributed by atoms with van der Waals surface area (Å²) in [6, 6.07) is 0. The van der Waals surface area contributed by atoms with E-state index in [0.717, 1.165) is 24.3 Å². The molecule has 0 aromatic carbocycles. The lowest BCUT2D eigenvalue weighted by Crippen LogP contribution is -2.02. The molecule has 0 unspecified atom stereocenters. The zero-order valence-electron chi connectivity index (χ0n) is 5.55. The first-order chi connectivity index (χ1) is 3.92. The molecule has 2 heteroatoms. The molecular weight excluding hydrogens is 134 g/mol. The van der Waals surface area contributed by atoms with Gasteiger partial charge in [0.2, 0.25) is 0 Å². The van der Waals surface area contributed by atoms with Crippen molar-refractivity contribution in [1.29, 1.82) is 0 Å². The summed E-state index contributed by atoms with van der Waals surface area (Å²) >= 11 is 0. The molecule has 2 fully saturated rings. The van der Waals surface area contributed by atoms with Crippen LogP contribution in [0.2, 0.25) is 0 Å². The van der Waals surface area contributed by atoms with Crippen molar-refractivity contribution in [2.24, 2.45) is 23.5 Å². The summed E-state index contributed by atoms with van der Waals surface area (Å²) in [4.78, 5) is 0. The molecule has 2 aliphatic carbocycles. The van der Waals surface area contributed by atoms with Crippen LogP contribution in [0.4, 0.5) is 0 Å². The summed E-state index contributed by atoms with van der Waals surface area (Å²) in [5.74, 6) is 3.12. The third-order valence-electron chi connectivity index (χ3n) is 2.51. The SMILES string of the molecule is Cl.NC[C@@H]1C[C@H]1C1CC1. The van der Waals surface area contributed by atoms with Crippen molar-refractivity contribution in [3.8, 4) is 0 Å². The highest BCUT2D eigenvalue weighted by Crippen LogP contribution is 2.53. The Morgan fingerprint density at radius 3 is 2.33 bits per heavy atom. The molecule has 0 saturated heterocycles. The van der Waals surface area contributed by atoms with E-state index in [0.29, 0.717) is 0 Å². The quantitative estimate of drug-likeness (QED) is 0.628. The fourth-order valence-corrected chi connectivity index (χ4v) is 1.64. The van der Waals surface area contributed by atoms with E-state index < -0.39 is 0 Å². The van der Waals surface area contributed by atoms with E-state index in [4.69, 9.17) is 5.73 Å². The second-order valence-electron chi connectivity index (χ2n) is 3.23. The summed E-state index contributed by atoms with van der Waals surface area (Å²) in [5, 5.41) is 0. The molecule has 2 aliphatic rings. The normalized spacial score (nSPS) is 39.7. The van der Waals surface area contributed by atoms with Gasteiger partial charge in [-0.2, -0.15) is 0 Å². The highest BCUT2D eigenvalue weighted by atomic mass is 35.5. The van der Waals surface area contributed by atoms with Gasteiger partial charge in [-0.05, 0) is 43.6 Å². The summed E-state index contributed by atoms with van der Waals surface area (Å²) in [6.45, 7) is 0.946. The predicted octanol–water partition coefficient (Wildman–Crippen LogP) is 1.41. The zero-order valence-corrected chi connectivity index (χ0v) is 6.36. The summed E-state index contributed by atoms with van der Waals surface area (Å²) in [7, 11) is 0. The Hall–Kier alpha value is 0.250. The zero-order chi connectivity index (χ0) is 5.56. The largest absolute Gasteiger partial charge is 0.330 e. The Bertz CT molecular complexity index is 101. The van der Waals surface area contributed by atoms with Gasteiger partial charge in [-0.1, -0.05) is 0 Å². The molecule has 2 saturated carbocycles. The highest BCUT2D eigenvalue weighted by Gasteiger charge is 2.46. The maximum atomic E-state index is 5.49. The highest BCUT2D eigenvalue weighted by molar-refractivity contribution is 5.85. The molecule has 54 valence electrons. The van der Waals surface area contributed by atoms with Crippen LogP contribution < -0.4 is 5.73 Å². The van der Waals surface area contributed by atoms with Gasteiger partial charge in [0, 0.05) is 0 Å². The van der Waals surface area contributed by atoms with E-state index in [9.17, 15) is 0 Å². The monoisotopic (exact) mass is 147 g/mol. The van der Waals surface area contributed by atoms with Crippen molar-refractivity contribution in [3.05, 3.63) is 0 Å². The fraction of sp³-hybridized carbons (Fsp3) is 1.00. The van der Waals surface area contributed by atoms with Gasteiger partial charge in [0.15, 0.2) is 0 Å². The van der Waals surface area contributed by atoms with Crippen LogP contribution in [0, 0.1) is 17.8 Å². The molecule has 0 radical (unpaired) electrons. The molecule has 2 atom stereocenters. The number of nitrogens with two attached hydrogens (primary N) is 1. The maximum absolute atomic E-state index is 5.49. The summed E-state index contributed by atoms with van der Waals surface area (Å²) in [5.41, 5.74) is 5.49. The molecule has 0 aliphatic heterocycles. The number of hydrogen-bond acceptors (Lipinski definition) is 1. The van der Waals surface area contributed by atoms with Gasteiger partial charge in [0.25, 0.3) is 0 Å². The minimum absolute atomic E-state index is 0. The van der Waals surface area contributed by atoms with Crippen LogP contribution in [0.5, 0.6) is 0 Å². The molecule has 9 heavy (non-hydrogen) atoms. The molecule has 0 aromatic heterocycles. The van der Waals surface area contributed by atoms with Gasteiger partial charge < -0.3 is 5.73 Å². The standard InChI is InChI=1S/C7H13N.ClH/c8-4-6-3-7(6)5-1-2-5;/h5-7H,1-4,8H2;1H/t6-,7-;/m0./s1. The van der Waals surface area contributed by atoms with Gasteiger partial charge >= 0.3 is 0 Å². The van der Waals surface area contributed by atoms with Crippen molar-refractivity contribution in [2.75, 3.05) is 6.54 Å². The Labute approximate surface area is 62.4 Å². The second kappa shape index (κ2) is 2.47. The van der Waals surface area contributed by atoms with Crippen LogP contribution in [0.15, 0.2) is 0 Å².